The summed E-state index contributed by atoms with van der Waals surface area (Å²) in [5.41, 5.74) is 0. The lowest BCUT2D eigenvalue weighted by molar-refractivity contribution is 0.00588. The van der Waals surface area contributed by atoms with Crippen molar-refractivity contribution in [3.05, 3.63) is 0 Å². The van der Waals surface area contributed by atoms with Crippen LogP contribution in [0, 0.1) is 0 Å². The monoisotopic (exact) mass is 280 g/mol. The van der Waals surface area contributed by atoms with Crippen molar-refractivity contribution >= 4 is 34.5 Å². The van der Waals surface area contributed by atoms with Crippen LogP contribution in [-0.4, -0.2) is 63.0 Å². The Morgan fingerprint density at radius 2 is 0.824 bits per heavy atom. The summed E-state index contributed by atoms with van der Waals surface area (Å²) in [6.07, 6.45) is 0. The molecule has 0 saturated carbocycles. The second-order valence-corrected chi connectivity index (χ2v) is 3.85. The summed E-state index contributed by atoms with van der Waals surface area (Å²) in [6, 6.07) is 0. The van der Waals surface area contributed by atoms with E-state index >= 15 is 0 Å². The lowest BCUT2D eigenvalue weighted by atomic mass is 10.7. The Bertz CT molecular complexity index is 223. The van der Waals surface area contributed by atoms with Crippen LogP contribution >= 0.6 is 24.4 Å². The third kappa shape index (κ3) is 7.56. The smallest absolute Gasteiger partial charge is 0.239 e. The Labute approximate surface area is 111 Å². The molecule has 98 valence electrons. The molecule has 1 aliphatic rings. The summed E-state index contributed by atoms with van der Waals surface area (Å²) in [7, 11) is 0. The highest BCUT2D eigenvalue weighted by Gasteiger charge is 2.07. The van der Waals surface area contributed by atoms with E-state index < -0.39 is 0 Å². The van der Waals surface area contributed by atoms with Crippen molar-refractivity contribution in [3.63, 3.8) is 0 Å². The minimum Gasteiger partial charge on any atom is -0.478 e. The average molecular weight is 280 g/mol. The van der Waals surface area contributed by atoms with Gasteiger partial charge in [-0.25, -0.2) is 0 Å². The predicted molar refractivity (Wildman–Crippen MR) is 69.6 cm³/mol. The van der Waals surface area contributed by atoms with E-state index in [1.807, 2.05) is 0 Å². The van der Waals surface area contributed by atoms with Crippen LogP contribution < -0.4 is 0 Å². The average Bonchev–Trinajstić information content (AvgIpc) is 2.34. The van der Waals surface area contributed by atoms with Crippen LogP contribution in [-0.2, 0) is 23.7 Å². The molecule has 0 N–H and O–H groups in total. The number of thiocarbonyl (C=S) groups is 2. The number of hydrogen-bond donors (Lipinski definition) is 0. The summed E-state index contributed by atoms with van der Waals surface area (Å²) in [5, 5.41) is 0.379. The van der Waals surface area contributed by atoms with Crippen LogP contribution in [0.4, 0.5) is 0 Å². The molecule has 1 rings (SSSR count). The first-order valence-electron chi connectivity index (χ1n) is 5.38. The van der Waals surface area contributed by atoms with E-state index in [1.165, 1.54) is 0 Å². The van der Waals surface area contributed by atoms with Gasteiger partial charge in [0.05, 0.1) is 39.6 Å². The Hall–Kier alpha value is -0.340. The van der Waals surface area contributed by atoms with Gasteiger partial charge in [-0.15, -0.1) is 0 Å². The van der Waals surface area contributed by atoms with Crippen LogP contribution in [0.15, 0.2) is 0 Å². The lowest BCUT2D eigenvalue weighted by Gasteiger charge is -2.09. The third-order valence-electron chi connectivity index (χ3n) is 1.83. The maximum atomic E-state index is 5.27. The highest BCUT2D eigenvalue weighted by Crippen LogP contribution is 1.93. The van der Waals surface area contributed by atoms with E-state index in [-0.39, 0.29) is 10.1 Å². The molecule has 0 aromatic heterocycles. The lowest BCUT2D eigenvalue weighted by Crippen LogP contribution is -2.20. The third-order valence-corrected chi connectivity index (χ3v) is 2.57. The van der Waals surface area contributed by atoms with Crippen molar-refractivity contribution in [2.45, 2.75) is 0 Å². The molecule has 0 amide bonds. The first-order chi connectivity index (χ1) is 8.30. The van der Waals surface area contributed by atoms with Gasteiger partial charge in [0.25, 0.3) is 0 Å². The molecule has 1 aliphatic heterocycles. The zero-order valence-corrected chi connectivity index (χ0v) is 11.1. The van der Waals surface area contributed by atoms with Crippen LogP contribution in [0.3, 0.4) is 0 Å². The van der Waals surface area contributed by atoms with Crippen molar-refractivity contribution in [2.24, 2.45) is 0 Å². The Kier molecular flexibility index (Phi) is 8.37. The van der Waals surface area contributed by atoms with E-state index in [9.17, 15) is 0 Å². The van der Waals surface area contributed by atoms with E-state index in [2.05, 4.69) is 0 Å². The fourth-order valence-electron chi connectivity index (χ4n) is 1.05. The number of rotatable bonds is 0. The second kappa shape index (κ2) is 9.67. The van der Waals surface area contributed by atoms with Gasteiger partial charge >= 0.3 is 0 Å². The molecule has 1 heterocycles. The van der Waals surface area contributed by atoms with Gasteiger partial charge in [-0.05, 0) is 24.4 Å². The molecule has 0 spiro atoms. The van der Waals surface area contributed by atoms with Crippen LogP contribution in [0.5, 0.6) is 0 Å². The normalized spacial score (nSPS) is 21.9. The highest BCUT2D eigenvalue weighted by atomic mass is 32.1. The van der Waals surface area contributed by atoms with E-state index in [4.69, 9.17) is 48.1 Å². The second-order valence-electron chi connectivity index (χ2n) is 3.11. The minimum atomic E-state index is 0.190. The van der Waals surface area contributed by atoms with Crippen molar-refractivity contribution < 1.29 is 23.7 Å². The fraction of sp³-hybridized carbons (Fsp3) is 0.800. The summed E-state index contributed by atoms with van der Waals surface area (Å²) < 4.78 is 26.2. The summed E-state index contributed by atoms with van der Waals surface area (Å²) in [6.45, 7) is 3.75. The molecule has 5 nitrogen and oxygen atoms in total. The van der Waals surface area contributed by atoms with Gasteiger partial charge < -0.3 is 23.7 Å². The molecular weight excluding hydrogens is 264 g/mol. The molecule has 1 saturated heterocycles. The molecule has 0 atom stereocenters. The van der Waals surface area contributed by atoms with Gasteiger partial charge in [-0.2, -0.15) is 0 Å². The topological polar surface area (TPSA) is 46.2 Å². The molecule has 1 fully saturated rings. The first kappa shape index (κ1) is 14.7. The van der Waals surface area contributed by atoms with E-state index in [0.29, 0.717) is 52.9 Å². The molecule has 0 aliphatic carbocycles. The van der Waals surface area contributed by atoms with E-state index in [0.717, 1.165) is 0 Å². The molecule has 0 unspecified atom stereocenters. The van der Waals surface area contributed by atoms with E-state index in [1.54, 1.807) is 0 Å². The predicted octanol–water partition coefficient (Wildman–Crippen LogP) is 0.738. The van der Waals surface area contributed by atoms with Gasteiger partial charge in [0, 0.05) is 0 Å². The van der Waals surface area contributed by atoms with Gasteiger partial charge in [0.2, 0.25) is 10.1 Å². The zero-order chi connectivity index (χ0) is 12.3. The van der Waals surface area contributed by atoms with Crippen LogP contribution in [0.25, 0.3) is 0 Å². The van der Waals surface area contributed by atoms with Crippen molar-refractivity contribution in [2.75, 3.05) is 52.9 Å². The van der Waals surface area contributed by atoms with Crippen molar-refractivity contribution in [1.82, 2.24) is 0 Å². The molecule has 0 aromatic carbocycles. The number of ether oxygens (including phenoxy) is 5. The quantitative estimate of drug-likeness (QED) is 0.606. The fourth-order valence-corrected chi connectivity index (χ4v) is 1.33. The van der Waals surface area contributed by atoms with Gasteiger partial charge in [0.1, 0.15) is 13.2 Å². The van der Waals surface area contributed by atoms with Crippen molar-refractivity contribution in [1.29, 1.82) is 0 Å². The summed E-state index contributed by atoms with van der Waals surface area (Å²) in [4.78, 5) is 0. The molecule has 0 radical (unpaired) electrons. The Balaban J connectivity index is 2.26. The Morgan fingerprint density at radius 3 is 1.18 bits per heavy atom. The molecular formula is C10H16O5S2. The largest absolute Gasteiger partial charge is 0.478 e. The zero-order valence-electron chi connectivity index (χ0n) is 9.51. The van der Waals surface area contributed by atoms with Gasteiger partial charge in [-0.1, -0.05) is 0 Å². The SMILES string of the molecule is S=C1OCCOCCOCCOCCOC1=S. The summed E-state index contributed by atoms with van der Waals surface area (Å²) in [5.74, 6) is 0. The maximum Gasteiger partial charge on any atom is 0.239 e. The number of hydrogen-bond acceptors (Lipinski definition) is 7. The standard InChI is InChI=1S/C10H16O5S2/c16-9-10(17)15-8-6-13-4-2-11-1-3-12-5-7-14-9/h1-8H2. The molecule has 0 bridgehead atoms. The first-order valence-corrected chi connectivity index (χ1v) is 6.19. The molecule has 7 heteroatoms. The highest BCUT2D eigenvalue weighted by molar-refractivity contribution is 7.88. The van der Waals surface area contributed by atoms with Crippen molar-refractivity contribution in [3.8, 4) is 0 Å². The van der Waals surface area contributed by atoms with Crippen LogP contribution in [0.2, 0.25) is 0 Å². The van der Waals surface area contributed by atoms with Gasteiger partial charge in [0.15, 0.2) is 0 Å². The van der Waals surface area contributed by atoms with Gasteiger partial charge in [-0.3, -0.25) is 0 Å². The minimum absolute atomic E-state index is 0.190. The molecule has 17 heavy (non-hydrogen) atoms. The maximum absolute atomic E-state index is 5.27. The summed E-state index contributed by atoms with van der Waals surface area (Å²) >= 11 is 9.87. The molecule has 0 aromatic rings. The van der Waals surface area contributed by atoms with Crippen LogP contribution in [0.1, 0.15) is 0 Å². The Morgan fingerprint density at radius 1 is 0.529 bits per heavy atom.